The van der Waals surface area contributed by atoms with Crippen molar-refractivity contribution >= 4 is 40.9 Å². The van der Waals surface area contributed by atoms with Crippen LogP contribution in [0.3, 0.4) is 0 Å². The van der Waals surface area contributed by atoms with E-state index in [9.17, 15) is 22.4 Å². The van der Waals surface area contributed by atoms with Gasteiger partial charge in [-0.05, 0) is 47.4 Å². The van der Waals surface area contributed by atoms with Gasteiger partial charge in [-0.15, -0.1) is 0 Å². The molecule has 1 aliphatic carbocycles. The zero-order valence-electron chi connectivity index (χ0n) is 23.0. The molecule has 3 heterocycles. The molecule has 3 aliphatic rings. The molecule has 3 aromatic carbocycles. The van der Waals surface area contributed by atoms with Gasteiger partial charge in [0.1, 0.15) is 5.82 Å². The minimum Gasteiger partial charge on any atom is -0.379 e. The number of rotatable bonds is 5. The van der Waals surface area contributed by atoms with E-state index in [2.05, 4.69) is 44.7 Å². The van der Waals surface area contributed by atoms with E-state index in [1.807, 2.05) is 42.5 Å². The Morgan fingerprint density at radius 2 is 1.81 bits per heavy atom. The highest BCUT2D eigenvalue weighted by atomic mass is 19.4. The average molecular weight is 593 g/mol. The number of hydrogen-bond acceptors (Lipinski definition) is 5. The molecule has 1 saturated carbocycles. The number of ether oxygens (including phenoxy) is 1. The predicted molar refractivity (Wildman–Crippen MR) is 154 cm³/mol. The van der Waals surface area contributed by atoms with Crippen LogP contribution in [0.4, 0.5) is 23.2 Å². The summed E-state index contributed by atoms with van der Waals surface area (Å²) in [4.78, 5) is 23.8. The fourth-order valence-electron chi connectivity index (χ4n) is 5.92. The quantitative estimate of drug-likeness (QED) is 0.225. The second kappa shape index (κ2) is 11.4. The smallest absolute Gasteiger partial charge is 0.379 e. The monoisotopic (exact) mass is 592 g/mol. The largest absolute Gasteiger partial charge is 0.446 e. The minimum absolute atomic E-state index is 0.0928. The number of carbonyl (C=O) groups excluding carboxylic acids is 2. The number of alkyl halides is 3. The van der Waals surface area contributed by atoms with Crippen LogP contribution < -0.4 is 5.32 Å². The van der Waals surface area contributed by atoms with Crippen molar-refractivity contribution in [2.45, 2.75) is 30.5 Å². The first-order valence-corrected chi connectivity index (χ1v) is 13.9. The lowest BCUT2D eigenvalue weighted by atomic mass is 9.92. The van der Waals surface area contributed by atoms with Gasteiger partial charge >= 0.3 is 6.18 Å². The molecule has 222 valence electrons. The number of aromatic nitrogens is 2. The van der Waals surface area contributed by atoms with Gasteiger partial charge < -0.3 is 10.1 Å². The molecule has 7 nitrogen and oxygen atoms in total. The van der Waals surface area contributed by atoms with Gasteiger partial charge in [-0.1, -0.05) is 48.5 Å². The number of fused-ring (bicyclic) bond motifs is 3. The number of hydrogen-bond donors (Lipinski definition) is 2. The lowest BCUT2D eigenvalue weighted by Crippen LogP contribution is -2.35. The Morgan fingerprint density at radius 3 is 2.56 bits per heavy atom. The minimum atomic E-state index is -4.64. The maximum absolute atomic E-state index is 14.8. The Hall–Kier alpha value is -4.35. The molecule has 0 radical (unpaired) electrons. The van der Waals surface area contributed by atoms with Gasteiger partial charge in [0.2, 0.25) is 12.2 Å². The molecular formula is C32H28F4N4O3. The Kier molecular flexibility index (Phi) is 7.61. The fraction of sp³-hybridized carbons (Fsp3) is 0.281. The zero-order valence-corrected chi connectivity index (χ0v) is 23.0. The number of morpholine rings is 1. The average Bonchev–Trinajstić information content (AvgIpc) is 3.54. The SMILES string of the molecule is O=C1Nc2ccccc2[C@]12C[C@H]2c1ccc2c(/C=C/c3ccc(CN4CCOCC4)c(F)c3)n[nH]c2c1.O=CC(F)(F)F. The van der Waals surface area contributed by atoms with Crippen LogP contribution in [-0.4, -0.2) is 59.8 Å². The molecule has 2 N–H and O–H groups in total. The molecule has 7 rings (SSSR count). The highest BCUT2D eigenvalue weighted by molar-refractivity contribution is 6.09. The summed E-state index contributed by atoms with van der Waals surface area (Å²) in [5, 5.41) is 11.7. The molecule has 0 unspecified atom stereocenters. The van der Waals surface area contributed by atoms with Crippen molar-refractivity contribution in [1.29, 1.82) is 0 Å². The summed E-state index contributed by atoms with van der Waals surface area (Å²) in [5.74, 6) is 0.0538. The molecule has 43 heavy (non-hydrogen) atoms. The van der Waals surface area contributed by atoms with Crippen molar-refractivity contribution in [3.63, 3.8) is 0 Å². The van der Waals surface area contributed by atoms with Crippen molar-refractivity contribution < 1.29 is 31.9 Å². The summed E-state index contributed by atoms with van der Waals surface area (Å²) in [7, 11) is 0. The van der Waals surface area contributed by atoms with E-state index in [1.165, 1.54) is 0 Å². The molecular weight excluding hydrogens is 564 g/mol. The van der Waals surface area contributed by atoms with Gasteiger partial charge in [-0.2, -0.15) is 18.3 Å². The Labute approximate surface area is 244 Å². The van der Waals surface area contributed by atoms with Gasteiger partial charge in [0, 0.05) is 42.2 Å². The number of carbonyl (C=O) groups is 2. The first-order valence-electron chi connectivity index (χ1n) is 13.9. The third-order valence-electron chi connectivity index (χ3n) is 8.18. The summed E-state index contributed by atoms with van der Waals surface area (Å²) in [6.07, 6.45) is -1.09. The van der Waals surface area contributed by atoms with Gasteiger partial charge in [0.05, 0.1) is 29.8 Å². The van der Waals surface area contributed by atoms with Crippen molar-refractivity contribution in [1.82, 2.24) is 15.1 Å². The van der Waals surface area contributed by atoms with Crippen LogP contribution in [0.25, 0.3) is 23.1 Å². The highest BCUT2D eigenvalue weighted by Gasteiger charge is 2.65. The van der Waals surface area contributed by atoms with Crippen molar-refractivity contribution in [3.05, 3.63) is 94.4 Å². The molecule has 1 saturated heterocycles. The number of benzene rings is 3. The zero-order chi connectivity index (χ0) is 30.2. The number of halogens is 4. The van der Waals surface area contributed by atoms with E-state index in [1.54, 1.807) is 6.07 Å². The van der Waals surface area contributed by atoms with E-state index in [-0.39, 0.29) is 17.6 Å². The highest BCUT2D eigenvalue weighted by Crippen LogP contribution is 2.65. The number of anilines is 1. The van der Waals surface area contributed by atoms with Crippen molar-refractivity contribution in [2.24, 2.45) is 0 Å². The van der Waals surface area contributed by atoms with E-state index in [0.717, 1.165) is 58.5 Å². The summed E-state index contributed by atoms with van der Waals surface area (Å²) >= 11 is 0. The number of amides is 1. The predicted octanol–water partition coefficient (Wildman–Crippen LogP) is 5.83. The van der Waals surface area contributed by atoms with Gasteiger partial charge in [0.25, 0.3) is 0 Å². The maximum Gasteiger partial charge on any atom is 0.446 e. The molecule has 2 fully saturated rings. The Bertz CT molecular complexity index is 1710. The molecule has 1 spiro atoms. The van der Waals surface area contributed by atoms with E-state index in [0.29, 0.717) is 25.3 Å². The molecule has 1 amide bonds. The van der Waals surface area contributed by atoms with Crippen LogP contribution >= 0.6 is 0 Å². The van der Waals surface area contributed by atoms with Crippen LogP contribution in [0.5, 0.6) is 0 Å². The number of nitrogens with one attached hydrogen (secondary N) is 2. The van der Waals surface area contributed by atoms with Crippen LogP contribution in [0, 0.1) is 5.82 Å². The number of H-pyrrole nitrogens is 1. The van der Waals surface area contributed by atoms with E-state index in [4.69, 9.17) is 9.53 Å². The maximum atomic E-state index is 14.8. The number of aldehydes is 1. The number of para-hydroxylation sites is 1. The number of aromatic amines is 1. The molecule has 2 atom stereocenters. The third-order valence-corrected chi connectivity index (χ3v) is 8.18. The Morgan fingerprint density at radius 1 is 1.05 bits per heavy atom. The summed E-state index contributed by atoms with van der Waals surface area (Å²) in [6, 6.07) is 19.6. The van der Waals surface area contributed by atoms with Gasteiger partial charge in [-0.3, -0.25) is 19.6 Å². The molecule has 1 aromatic heterocycles. The first kappa shape index (κ1) is 28.8. The molecule has 11 heteroatoms. The summed E-state index contributed by atoms with van der Waals surface area (Å²) < 4.78 is 51.4. The van der Waals surface area contributed by atoms with Crippen LogP contribution in [0.15, 0.2) is 60.7 Å². The first-order chi connectivity index (χ1) is 20.7. The molecule has 0 bridgehead atoms. The second-order valence-electron chi connectivity index (χ2n) is 10.9. The second-order valence-corrected chi connectivity index (χ2v) is 10.9. The third kappa shape index (κ3) is 5.82. The van der Waals surface area contributed by atoms with Crippen LogP contribution in [0.2, 0.25) is 0 Å². The van der Waals surface area contributed by atoms with E-state index >= 15 is 0 Å². The van der Waals surface area contributed by atoms with Crippen LogP contribution in [0.1, 0.15) is 40.3 Å². The molecule has 4 aromatic rings. The van der Waals surface area contributed by atoms with Crippen LogP contribution in [-0.2, 0) is 26.3 Å². The lowest BCUT2D eigenvalue weighted by molar-refractivity contribution is -0.156. The topological polar surface area (TPSA) is 87.3 Å². The lowest BCUT2D eigenvalue weighted by Gasteiger charge is -2.26. The number of nitrogens with zero attached hydrogens (tertiary/aromatic N) is 2. The van der Waals surface area contributed by atoms with Crippen molar-refractivity contribution in [3.8, 4) is 0 Å². The van der Waals surface area contributed by atoms with E-state index < -0.39 is 17.9 Å². The summed E-state index contributed by atoms with van der Waals surface area (Å²) in [5.41, 5.74) is 5.93. The van der Waals surface area contributed by atoms with Gasteiger partial charge in [-0.25, -0.2) is 4.39 Å². The standard InChI is InChI=1S/C30H27FN4O2.C2HF3O/c31-25-15-19(5-7-21(25)18-35-11-13-37-14-12-35)6-10-26-22-9-8-20(16-28(22)34-33-26)24-17-30(24)23-3-1-2-4-27(23)32-29(30)36;3-2(4,5)1-6/h1-10,15-16,24H,11-14,17-18H2,(H,32,36)(H,33,34);1H/b10-6+;/t24-,30-;/m0./s1. The van der Waals surface area contributed by atoms with Gasteiger partial charge in [0.15, 0.2) is 0 Å². The van der Waals surface area contributed by atoms with Crippen molar-refractivity contribution in [2.75, 3.05) is 31.6 Å². The molecule has 2 aliphatic heterocycles. The fourth-order valence-corrected chi connectivity index (χ4v) is 5.92. The Balaban J connectivity index is 0.000000501. The normalized spacial score (nSPS) is 21.5. The summed E-state index contributed by atoms with van der Waals surface area (Å²) in [6.45, 7) is 3.66.